The molecule has 1 aromatic rings. The van der Waals surface area contributed by atoms with Crippen LogP contribution < -0.4 is 0 Å². The molecule has 164 valence electrons. The molecular weight excluding hydrogens is 420 g/mol. The molecule has 30 heavy (non-hydrogen) atoms. The fraction of sp³-hybridized carbons (Fsp3) is 0.696. The number of hydrogen-bond acceptors (Lipinski definition) is 3. The van der Waals surface area contributed by atoms with Crippen LogP contribution in [0.5, 0.6) is 0 Å². The van der Waals surface area contributed by atoms with Gasteiger partial charge in [0.2, 0.25) is 15.9 Å². The van der Waals surface area contributed by atoms with Crippen molar-refractivity contribution in [2.45, 2.75) is 74.8 Å². The lowest BCUT2D eigenvalue weighted by molar-refractivity contribution is -0.153. The third-order valence-corrected chi connectivity index (χ3v) is 10.2. The van der Waals surface area contributed by atoms with E-state index in [0.717, 1.165) is 43.4 Å². The van der Waals surface area contributed by atoms with Gasteiger partial charge in [0.1, 0.15) is 6.04 Å². The van der Waals surface area contributed by atoms with Gasteiger partial charge in [0.25, 0.3) is 0 Å². The van der Waals surface area contributed by atoms with E-state index in [9.17, 15) is 13.2 Å². The number of halogens is 1. The second-order valence-corrected chi connectivity index (χ2v) is 12.3. The number of sulfonamides is 1. The Bertz CT molecular complexity index is 895. The molecule has 1 atom stereocenters. The summed E-state index contributed by atoms with van der Waals surface area (Å²) in [6.07, 6.45) is 8.62. The Hall–Kier alpha value is -1.11. The van der Waals surface area contributed by atoms with Crippen LogP contribution >= 0.6 is 11.6 Å². The molecule has 1 unspecified atom stereocenters. The first-order chi connectivity index (χ1) is 14.3. The molecule has 4 aliphatic carbocycles. The predicted octanol–water partition coefficient (Wildman–Crippen LogP) is 4.31. The van der Waals surface area contributed by atoms with E-state index < -0.39 is 16.1 Å². The Labute approximate surface area is 184 Å². The first kappa shape index (κ1) is 20.8. The number of nitrogens with zero attached hydrogens (tertiary/aromatic N) is 2. The number of hydrogen-bond donors (Lipinski definition) is 0. The molecule has 1 heterocycles. The zero-order chi connectivity index (χ0) is 21.1. The molecule has 0 radical (unpaired) electrons. The molecule has 5 aliphatic rings. The second kappa shape index (κ2) is 7.49. The maximum atomic E-state index is 13.8. The van der Waals surface area contributed by atoms with E-state index in [4.69, 9.17) is 11.6 Å². The minimum Gasteiger partial charge on any atom is -0.336 e. The number of likely N-dealkylation sites (N-methyl/N-ethyl adjacent to an activating group) is 1. The highest BCUT2D eigenvalue weighted by Crippen LogP contribution is 2.58. The average molecular weight is 451 g/mol. The Morgan fingerprint density at radius 1 is 1.10 bits per heavy atom. The van der Waals surface area contributed by atoms with Crippen LogP contribution in [0.1, 0.15) is 58.3 Å². The van der Waals surface area contributed by atoms with Crippen molar-refractivity contribution in [1.29, 1.82) is 0 Å². The van der Waals surface area contributed by atoms with Crippen molar-refractivity contribution in [1.82, 2.24) is 9.21 Å². The van der Waals surface area contributed by atoms with Gasteiger partial charge in [-0.3, -0.25) is 4.79 Å². The van der Waals surface area contributed by atoms with Crippen LogP contribution in [0.3, 0.4) is 0 Å². The molecule has 1 aromatic carbocycles. The van der Waals surface area contributed by atoms with Crippen LogP contribution in [0, 0.1) is 17.8 Å². The third-order valence-electron chi connectivity index (χ3n) is 8.07. The smallest absolute Gasteiger partial charge is 0.243 e. The normalized spacial score (nSPS) is 35.7. The first-order valence-corrected chi connectivity index (χ1v) is 13.2. The summed E-state index contributed by atoms with van der Waals surface area (Å²) in [6.45, 7) is 3.12. The van der Waals surface area contributed by atoms with Gasteiger partial charge in [0.05, 0.1) is 4.90 Å². The average Bonchev–Trinajstić information content (AvgIpc) is 3.18. The Balaban J connectivity index is 1.42. The monoisotopic (exact) mass is 450 g/mol. The summed E-state index contributed by atoms with van der Waals surface area (Å²) >= 11 is 5.94. The topological polar surface area (TPSA) is 57.7 Å². The van der Waals surface area contributed by atoms with Crippen LogP contribution in [-0.2, 0) is 14.8 Å². The summed E-state index contributed by atoms with van der Waals surface area (Å²) in [7, 11) is -3.72. The quantitative estimate of drug-likeness (QED) is 0.671. The SMILES string of the molecule is CCN(C(=O)C1CCCN1S(=O)(=O)c1ccc(Cl)cc1)C12CC3CC(CC(C3)C1)C2. The van der Waals surface area contributed by atoms with Gasteiger partial charge in [0, 0.05) is 23.7 Å². The van der Waals surface area contributed by atoms with Crippen LogP contribution in [0.4, 0.5) is 0 Å². The highest BCUT2D eigenvalue weighted by Gasteiger charge is 2.55. The molecule has 4 saturated carbocycles. The minimum absolute atomic E-state index is 0.0227. The summed E-state index contributed by atoms with van der Waals surface area (Å²) in [5, 5.41) is 0.502. The second-order valence-electron chi connectivity index (χ2n) is 9.95. The van der Waals surface area contributed by atoms with Gasteiger partial charge in [-0.15, -0.1) is 0 Å². The van der Waals surface area contributed by atoms with Gasteiger partial charge in [-0.25, -0.2) is 8.42 Å². The standard InChI is InChI=1S/C23H31ClN2O3S/c1-2-25(23-13-16-10-17(14-23)12-18(11-16)15-23)22(27)21-4-3-9-26(21)30(28,29)20-7-5-19(24)6-8-20/h5-8,16-18,21H,2-4,9-15H2,1H3. The van der Waals surface area contributed by atoms with E-state index in [1.54, 1.807) is 12.1 Å². The maximum absolute atomic E-state index is 13.8. The summed E-state index contributed by atoms with van der Waals surface area (Å²) in [6, 6.07) is 5.67. The molecule has 0 aromatic heterocycles. The molecule has 1 amide bonds. The molecule has 0 spiro atoms. The molecule has 1 aliphatic heterocycles. The van der Waals surface area contributed by atoms with Gasteiger partial charge in [-0.05, 0) is 100 Å². The fourth-order valence-corrected chi connectivity index (χ4v) is 9.09. The Morgan fingerprint density at radius 3 is 2.20 bits per heavy atom. The van der Waals surface area contributed by atoms with Crippen LogP contribution in [0.25, 0.3) is 0 Å². The van der Waals surface area contributed by atoms with Gasteiger partial charge in [-0.1, -0.05) is 11.6 Å². The predicted molar refractivity (Wildman–Crippen MR) is 117 cm³/mol. The molecular formula is C23H31ClN2O3S. The highest BCUT2D eigenvalue weighted by molar-refractivity contribution is 7.89. The zero-order valence-corrected chi connectivity index (χ0v) is 19.2. The largest absolute Gasteiger partial charge is 0.336 e. The fourth-order valence-electron chi connectivity index (χ4n) is 7.32. The van der Waals surface area contributed by atoms with E-state index in [0.29, 0.717) is 24.5 Å². The van der Waals surface area contributed by atoms with Crippen molar-refractivity contribution in [2.24, 2.45) is 17.8 Å². The molecule has 4 bridgehead atoms. The molecule has 7 heteroatoms. The lowest BCUT2D eigenvalue weighted by Crippen LogP contribution is -2.64. The number of carbonyl (C=O) groups is 1. The van der Waals surface area contributed by atoms with Gasteiger partial charge in [-0.2, -0.15) is 4.31 Å². The van der Waals surface area contributed by atoms with Crippen molar-refractivity contribution >= 4 is 27.5 Å². The number of amides is 1. The zero-order valence-electron chi connectivity index (χ0n) is 17.6. The number of rotatable bonds is 5. The van der Waals surface area contributed by atoms with Crippen LogP contribution in [0.15, 0.2) is 29.2 Å². The van der Waals surface area contributed by atoms with E-state index in [1.165, 1.54) is 35.7 Å². The lowest BCUT2D eigenvalue weighted by Gasteiger charge is -2.60. The van der Waals surface area contributed by atoms with Crippen molar-refractivity contribution in [3.63, 3.8) is 0 Å². The third kappa shape index (κ3) is 3.30. The molecule has 5 nitrogen and oxygen atoms in total. The van der Waals surface area contributed by atoms with Gasteiger partial charge >= 0.3 is 0 Å². The van der Waals surface area contributed by atoms with E-state index >= 15 is 0 Å². The molecule has 6 rings (SSSR count). The van der Waals surface area contributed by atoms with Gasteiger partial charge in [0.15, 0.2) is 0 Å². The summed E-state index contributed by atoms with van der Waals surface area (Å²) in [4.78, 5) is 16.1. The Morgan fingerprint density at radius 2 is 1.67 bits per heavy atom. The summed E-state index contributed by atoms with van der Waals surface area (Å²) < 4.78 is 28.1. The minimum atomic E-state index is -3.72. The molecule has 0 N–H and O–H groups in total. The van der Waals surface area contributed by atoms with Crippen LogP contribution in [0.2, 0.25) is 5.02 Å². The molecule has 5 fully saturated rings. The van der Waals surface area contributed by atoms with Crippen molar-refractivity contribution in [3.8, 4) is 0 Å². The first-order valence-electron chi connectivity index (χ1n) is 11.4. The number of benzene rings is 1. The van der Waals surface area contributed by atoms with E-state index in [-0.39, 0.29) is 16.3 Å². The molecule has 1 saturated heterocycles. The lowest BCUT2D eigenvalue weighted by atomic mass is 9.52. The highest BCUT2D eigenvalue weighted by atomic mass is 35.5. The summed E-state index contributed by atoms with van der Waals surface area (Å²) in [5.74, 6) is 2.26. The summed E-state index contributed by atoms with van der Waals surface area (Å²) in [5.41, 5.74) is -0.0428. The van der Waals surface area contributed by atoms with E-state index in [2.05, 4.69) is 11.8 Å². The number of carbonyl (C=O) groups excluding carboxylic acids is 1. The van der Waals surface area contributed by atoms with Crippen molar-refractivity contribution in [2.75, 3.05) is 13.1 Å². The van der Waals surface area contributed by atoms with Crippen molar-refractivity contribution < 1.29 is 13.2 Å². The Kier molecular flexibility index (Phi) is 5.19. The van der Waals surface area contributed by atoms with Gasteiger partial charge < -0.3 is 4.90 Å². The van der Waals surface area contributed by atoms with E-state index in [1.807, 2.05) is 0 Å². The maximum Gasteiger partial charge on any atom is 0.243 e. The van der Waals surface area contributed by atoms with Crippen molar-refractivity contribution in [3.05, 3.63) is 29.3 Å². The van der Waals surface area contributed by atoms with Crippen LogP contribution in [-0.4, -0.2) is 48.2 Å².